The lowest BCUT2D eigenvalue weighted by Gasteiger charge is -2.18. The number of hydrogen-bond acceptors (Lipinski definition) is 5. The van der Waals surface area contributed by atoms with Gasteiger partial charge < -0.3 is 24.4 Å². The van der Waals surface area contributed by atoms with Crippen LogP contribution >= 0.6 is 0 Å². The maximum Gasteiger partial charge on any atom is 0.246 e. The van der Waals surface area contributed by atoms with Crippen LogP contribution < -0.4 is 19.5 Å². The van der Waals surface area contributed by atoms with Gasteiger partial charge in [-0.05, 0) is 48.0 Å². The second-order valence-electron chi connectivity index (χ2n) is 6.21. The molecule has 3 rings (SSSR count). The molecule has 0 aromatic heterocycles. The Morgan fingerprint density at radius 3 is 2.54 bits per heavy atom. The van der Waals surface area contributed by atoms with Gasteiger partial charge in [-0.25, -0.2) is 0 Å². The van der Waals surface area contributed by atoms with Gasteiger partial charge in [-0.1, -0.05) is 6.07 Å². The van der Waals surface area contributed by atoms with E-state index in [0.29, 0.717) is 36.1 Å². The third-order valence-electron chi connectivity index (χ3n) is 4.12. The van der Waals surface area contributed by atoms with Crippen molar-refractivity contribution >= 4 is 23.6 Å². The van der Waals surface area contributed by atoms with Crippen LogP contribution in [0.15, 0.2) is 48.5 Å². The van der Waals surface area contributed by atoms with Crippen molar-refractivity contribution in [2.45, 2.75) is 0 Å². The smallest absolute Gasteiger partial charge is 0.246 e. The van der Waals surface area contributed by atoms with E-state index in [-0.39, 0.29) is 18.4 Å². The summed E-state index contributed by atoms with van der Waals surface area (Å²) in [7, 11) is 3.15. The third-order valence-corrected chi connectivity index (χ3v) is 4.12. The summed E-state index contributed by atoms with van der Waals surface area (Å²) in [5, 5.41) is 2.74. The number of methoxy groups -OCH3 is 1. The largest absolute Gasteiger partial charge is 0.497 e. The number of nitrogens with one attached hydrogen (secondary N) is 1. The first-order chi connectivity index (χ1) is 13.5. The number of hydrogen-bond donors (Lipinski definition) is 1. The van der Waals surface area contributed by atoms with Crippen molar-refractivity contribution in [3.63, 3.8) is 0 Å². The first kappa shape index (κ1) is 19.3. The van der Waals surface area contributed by atoms with Crippen LogP contribution in [0.1, 0.15) is 5.56 Å². The molecule has 2 aromatic carbocycles. The van der Waals surface area contributed by atoms with Crippen molar-refractivity contribution in [3.8, 4) is 17.2 Å². The van der Waals surface area contributed by atoms with E-state index in [1.807, 2.05) is 18.2 Å². The normalized spacial score (nSPS) is 12.5. The van der Waals surface area contributed by atoms with Crippen molar-refractivity contribution in [1.29, 1.82) is 0 Å². The maximum atomic E-state index is 12.3. The lowest BCUT2D eigenvalue weighted by atomic mass is 10.2. The Kier molecular flexibility index (Phi) is 6.16. The molecule has 1 aliphatic heterocycles. The number of carbonyl (C=O) groups excluding carboxylic acids is 2. The third kappa shape index (κ3) is 5.03. The van der Waals surface area contributed by atoms with Crippen molar-refractivity contribution in [2.24, 2.45) is 0 Å². The molecule has 2 amide bonds. The molecule has 28 heavy (non-hydrogen) atoms. The van der Waals surface area contributed by atoms with Gasteiger partial charge in [0.15, 0.2) is 11.5 Å². The number of nitrogens with zero attached hydrogens (tertiary/aromatic N) is 1. The quantitative estimate of drug-likeness (QED) is 0.777. The summed E-state index contributed by atoms with van der Waals surface area (Å²) in [5.74, 6) is 1.50. The highest BCUT2D eigenvalue weighted by atomic mass is 16.6. The monoisotopic (exact) mass is 382 g/mol. The Balaban J connectivity index is 1.53. The Morgan fingerprint density at radius 2 is 1.82 bits per heavy atom. The molecular formula is C21H22N2O5. The van der Waals surface area contributed by atoms with Crippen LogP contribution in [-0.2, 0) is 9.59 Å². The highest BCUT2D eigenvalue weighted by Crippen LogP contribution is 2.31. The van der Waals surface area contributed by atoms with E-state index in [2.05, 4.69) is 5.32 Å². The number of fused-ring (bicyclic) bond motifs is 1. The summed E-state index contributed by atoms with van der Waals surface area (Å²) >= 11 is 0. The zero-order chi connectivity index (χ0) is 19.9. The molecule has 0 unspecified atom stereocenters. The van der Waals surface area contributed by atoms with E-state index in [9.17, 15) is 9.59 Å². The fourth-order valence-electron chi connectivity index (χ4n) is 2.63. The molecule has 1 heterocycles. The Labute approximate surface area is 163 Å². The Morgan fingerprint density at radius 1 is 1.11 bits per heavy atom. The van der Waals surface area contributed by atoms with E-state index in [4.69, 9.17) is 14.2 Å². The molecule has 0 saturated carbocycles. The number of ether oxygens (including phenoxy) is 3. The number of carbonyl (C=O) groups is 2. The van der Waals surface area contributed by atoms with Crippen molar-refractivity contribution in [1.82, 2.24) is 4.90 Å². The maximum absolute atomic E-state index is 12.3. The van der Waals surface area contributed by atoms with Gasteiger partial charge >= 0.3 is 0 Å². The number of benzene rings is 2. The van der Waals surface area contributed by atoms with Crippen LogP contribution in [-0.4, -0.2) is 50.6 Å². The number of likely N-dealkylation sites (N-methyl/N-ethyl adjacent to an activating group) is 1. The molecule has 2 aromatic rings. The summed E-state index contributed by atoms with van der Waals surface area (Å²) in [6.07, 6.45) is 3.10. The van der Waals surface area contributed by atoms with Crippen LogP contribution in [0.25, 0.3) is 6.08 Å². The van der Waals surface area contributed by atoms with Crippen LogP contribution in [0.2, 0.25) is 0 Å². The SMILES string of the molecule is COc1ccc(NC(=O)CN(C)C(=O)/C=C/c2ccc3c(c2)OCCO3)cc1. The molecule has 0 spiro atoms. The van der Waals surface area contributed by atoms with E-state index in [0.717, 1.165) is 5.56 Å². The van der Waals surface area contributed by atoms with E-state index in [1.165, 1.54) is 11.0 Å². The van der Waals surface area contributed by atoms with Crippen molar-refractivity contribution in [2.75, 3.05) is 39.2 Å². The fraction of sp³-hybridized carbons (Fsp3) is 0.238. The second-order valence-corrected chi connectivity index (χ2v) is 6.21. The zero-order valence-corrected chi connectivity index (χ0v) is 15.8. The molecule has 0 bridgehead atoms. The average Bonchev–Trinajstić information content (AvgIpc) is 2.72. The molecule has 7 nitrogen and oxygen atoms in total. The van der Waals surface area contributed by atoms with E-state index >= 15 is 0 Å². The molecule has 146 valence electrons. The molecule has 0 atom stereocenters. The second kappa shape index (κ2) is 8.94. The molecule has 0 fully saturated rings. The molecule has 1 aliphatic rings. The van der Waals surface area contributed by atoms with Crippen LogP contribution in [0.5, 0.6) is 17.2 Å². The number of rotatable bonds is 6. The number of amides is 2. The number of anilines is 1. The summed E-state index contributed by atoms with van der Waals surface area (Å²) < 4.78 is 16.1. The summed E-state index contributed by atoms with van der Waals surface area (Å²) in [6, 6.07) is 12.4. The minimum atomic E-state index is -0.284. The zero-order valence-electron chi connectivity index (χ0n) is 15.8. The summed E-state index contributed by atoms with van der Waals surface area (Å²) in [6.45, 7) is 0.978. The highest BCUT2D eigenvalue weighted by Gasteiger charge is 2.13. The fourth-order valence-corrected chi connectivity index (χ4v) is 2.63. The standard InChI is InChI=1S/C21H22N2O5/c1-23(14-20(24)22-16-5-7-17(26-2)8-6-16)21(25)10-4-15-3-9-18-19(13-15)28-12-11-27-18/h3-10,13H,11-12,14H2,1-2H3,(H,22,24)/b10-4+. The molecule has 0 aliphatic carbocycles. The van der Waals surface area contributed by atoms with Crippen LogP contribution in [0.4, 0.5) is 5.69 Å². The minimum absolute atomic E-state index is 0.0592. The van der Waals surface area contributed by atoms with Gasteiger partial charge in [-0.15, -0.1) is 0 Å². The molecule has 0 radical (unpaired) electrons. The van der Waals surface area contributed by atoms with E-state index < -0.39 is 0 Å². The molecule has 0 saturated heterocycles. The molecule has 1 N–H and O–H groups in total. The first-order valence-corrected chi connectivity index (χ1v) is 8.82. The van der Waals surface area contributed by atoms with Crippen LogP contribution in [0, 0.1) is 0 Å². The Bertz CT molecular complexity index is 877. The predicted octanol–water partition coefficient (Wildman–Crippen LogP) is 2.58. The van der Waals surface area contributed by atoms with Gasteiger partial charge in [-0.3, -0.25) is 9.59 Å². The lowest BCUT2D eigenvalue weighted by Crippen LogP contribution is -2.33. The summed E-state index contributed by atoms with van der Waals surface area (Å²) in [5.41, 5.74) is 1.45. The first-order valence-electron chi connectivity index (χ1n) is 8.82. The van der Waals surface area contributed by atoms with Crippen molar-refractivity contribution < 1.29 is 23.8 Å². The molecule has 7 heteroatoms. The molecular weight excluding hydrogens is 360 g/mol. The van der Waals surface area contributed by atoms with Gasteiger partial charge in [0.25, 0.3) is 0 Å². The van der Waals surface area contributed by atoms with Crippen molar-refractivity contribution in [3.05, 3.63) is 54.1 Å². The summed E-state index contributed by atoms with van der Waals surface area (Å²) in [4.78, 5) is 25.7. The Hall–Kier alpha value is -3.48. The van der Waals surface area contributed by atoms with Gasteiger partial charge in [0, 0.05) is 18.8 Å². The topological polar surface area (TPSA) is 77.1 Å². The highest BCUT2D eigenvalue weighted by molar-refractivity contribution is 5.97. The van der Waals surface area contributed by atoms with Crippen LogP contribution in [0.3, 0.4) is 0 Å². The van der Waals surface area contributed by atoms with Gasteiger partial charge in [-0.2, -0.15) is 0 Å². The van der Waals surface area contributed by atoms with Gasteiger partial charge in [0.1, 0.15) is 19.0 Å². The van der Waals surface area contributed by atoms with Gasteiger partial charge in [0.2, 0.25) is 11.8 Å². The van der Waals surface area contributed by atoms with E-state index in [1.54, 1.807) is 44.5 Å². The lowest BCUT2D eigenvalue weighted by molar-refractivity contribution is -0.129. The average molecular weight is 382 g/mol. The van der Waals surface area contributed by atoms with Gasteiger partial charge in [0.05, 0.1) is 13.7 Å². The minimum Gasteiger partial charge on any atom is -0.497 e. The predicted molar refractivity (Wildman–Crippen MR) is 106 cm³/mol.